The lowest BCUT2D eigenvalue weighted by atomic mass is 9.80. The van der Waals surface area contributed by atoms with Gasteiger partial charge in [-0.25, -0.2) is 9.97 Å². The van der Waals surface area contributed by atoms with Crippen LogP contribution in [-0.4, -0.2) is 9.97 Å². The van der Waals surface area contributed by atoms with E-state index in [2.05, 4.69) is 124 Å². The Kier molecular flexibility index (Phi) is 7.19. The van der Waals surface area contributed by atoms with E-state index in [4.69, 9.17) is 9.97 Å². The average molecular weight is 579 g/mol. The predicted molar refractivity (Wildman–Crippen MR) is 190 cm³/mol. The molecule has 45 heavy (non-hydrogen) atoms. The lowest BCUT2D eigenvalue weighted by Gasteiger charge is -2.23. The second-order valence-corrected chi connectivity index (χ2v) is 12.0. The summed E-state index contributed by atoms with van der Waals surface area (Å²) in [6.45, 7) is 12.7. The van der Waals surface area contributed by atoms with Crippen LogP contribution in [0.4, 0.5) is 0 Å². The summed E-state index contributed by atoms with van der Waals surface area (Å²) >= 11 is 0. The van der Waals surface area contributed by atoms with Crippen LogP contribution in [0.2, 0.25) is 0 Å². The van der Waals surface area contributed by atoms with Crippen molar-refractivity contribution in [1.82, 2.24) is 9.97 Å². The second kappa shape index (κ2) is 11.5. The largest absolute Gasteiger partial charge is 0.228 e. The van der Waals surface area contributed by atoms with Gasteiger partial charge in [0.1, 0.15) is 0 Å². The first-order valence-electron chi connectivity index (χ1n) is 15.3. The summed E-state index contributed by atoms with van der Waals surface area (Å²) in [5, 5.41) is 0. The summed E-state index contributed by atoms with van der Waals surface area (Å²) in [5.41, 5.74) is 14.6. The summed E-state index contributed by atoms with van der Waals surface area (Å²) in [5.74, 6) is 0.721. The summed E-state index contributed by atoms with van der Waals surface area (Å²) in [7, 11) is 0. The van der Waals surface area contributed by atoms with Gasteiger partial charge in [0.05, 0.1) is 11.4 Å². The minimum atomic E-state index is -0.105. The number of hydrogen-bond donors (Lipinski definition) is 0. The Labute approximate surface area is 265 Å². The van der Waals surface area contributed by atoms with Crippen molar-refractivity contribution in [3.05, 3.63) is 175 Å². The van der Waals surface area contributed by atoms with Gasteiger partial charge >= 0.3 is 0 Å². The highest BCUT2D eigenvalue weighted by molar-refractivity contribution is 5.89. The maximum atomic E-state index is 4.98. The van der Waals surface area contributed by atoms with E-state index in [1.54, 1.807) is 0 Å². The standard InChI is InChI=1S/C43H34N2/c1-5-36-37-26-25-35(27-39(37)43(3,4)38(36)6-2)31-19-17-29(18-20-31)30-21-23-33(24-22-30)41-28-40(32-13-9-7-10-14-32)44-42(45-41)34-15-11-8-12-16-34/h5-28H,1-2H2,3-4H3. The normalized spacial score (nSPS) is 13.4. The van der Waals surface area contributed by atoms with Gasteiger partial charge in [0.25, 0.3) is 0 Å². The minimum absolute atomic E-state index is 0.105. The molecule has 1 aliphatic rings. The highest BCUT2D eigenvalue weighted by Gasteiger charge is 2.35. The van der Waals surface area contributed by atoms with Crippen molar-refractivity contribution in [3.8, 4) is 56.2 Å². The van der Waals surface area contributed by atoms with Crippen molar-refractivity contribution in [3.63, 3.8) is 0 Å². The Hall–Kier alpha value is -5.60. The third-order valence-electron chi connectivity index (χ3n) is 8.91. The third-order valence-corrected chi connectivity index (χ3v) is 8.91. The molecular formula is C43H34N2. The quantitative estimate of drug-likeness (QED) is 0.188. The van der Waals surface area contributed by atoms with E-state index in [0.29, 0.717) is 0 Å². The first-order chi connectivity index (χ1) is 22.0. The van der Waals surface area contributed by atoms with Gasteiger partial charge in [-0.1, -0.05) is 160 Å². The predicted octanol–water partition coefficient (Wildman–Crippen LogP) is 11.2. The second-order valence-electron chi connectivity index (χ2n) is 12.0. The fraction of sp³-hybridized carbons (Fsp3) is 0.0698. The fourth-order valence-electron chi connectivity index (χ4n) is 6.44. The van der Waals surface area contributed by atoms with E-state index in [1.165, 1.54) is 39.0 Å². The van der Waals surface area contributed by atoms with E-state index < -0.39 is 0 Å². The molecule has 0 saturated heterocycles. The lowest BCUT2D eigenvalue weighted by Crippen LogP contribution is -2.16. The zero-order valence-corrected chi connectivity index (χ0v) is 25.7. The highest BCUT2D eigenvalue weighted by Crippen LogP contribution is 2.48. The van der Waals surface area contributed by atoms with Crippen LogP contribution in [0.1, 0.15) is 25.0 Å². The molecule has 0 N–H and O–H groups in total. The van der Waals surface area contributed by atoms with Crippen molar-refractivity contribution < 1.29 is 0 Å². The van der Waals surface area contributed by atoms with E-state index >= 15 is 0 Å². The summed E-state index contributed by atoms with van der Waals surface area (Å²) < 4.78 is 0. The minimum Gasteiger partial charge on any atom is -0.228 e. The zero-order valence-electron chi connectivity index (χ0n) is 25.7. The average Bonchev–Trinajstić information content (AvgIpc) is 3.33. The number of fused-ring (bicyclic) bond motifs is 1. The van der Waals surface area contributed by atoms with Crippen molar-refractivity contribution >= 4 is 5.57 Å². The molecule has 2 heteroatoms. The molecule has 0 radical (unpaired) electrons. The Morgan fingerprint density at radius 2 is 0.956 bits per heavy atom. The van der Waals surface area contributed by atoms with Crippen LogP contribution in [0.5, 0.6) is 0 Å². The monoisotopic (exact) mass is 578 g/mol. The van der Waals surface area contributed by atoms with Gasteiger partial charge in [-0.05, 0) is 56.7 Å². The van der Waals surface area contributed by atoms with Gasteiger partial charge in [0.15, 0.2) is 5.82 Å². The van der Waals surface area contributed by atoms with Crippen molar-refractivity contribution in [2.75, 3.05) is 0 Å². The van der Waals surface area contributed by atoms with Crippen LogP contribution in [-0.2, 0) is 5.41 Å². The van der Waals surface area contributed by atoms with Gasteiger partial charge in [-0.15, -0.1) is 0 Å². The molecule has 1 heterocycles. The van der Waals surface area contributed by atoms with Gasteiger partial charge in [-0.2, -0.15) is 0 Å². The topological polar surface area (TPSA) is 25.8 Å². The molecule has 0 saturated carbocycles. The van der Waals surface area contributed by atoms with Crippen molar-refractivity contribution in [2.24, 2.45) is 0 Å². The Bertz CT molecular complexity index is 2010. The number of rotatable bonds is 7. The van der Waals surface area contributed by atoms with Crippen LogP contribution in [0.25, 0.3) is 61.7 Å². The molecule has 1 aromatic heterocycles. The van der Waals surface area contributed by atoms with Gasteiger partial charge in [-0.3, -0.25) is 0 Å². The number of nitrogens with zero attached hydrogens (tertiary/aromatic N) is 2. The molecule has 0 amide bonds. The lowest BCUT2D eigenvalue weighted by molar-refractivity contribution is 0.655. The third kappa shape index (κ3) is 5.15. The maximum absolute atomic E-state index is 4.98. The molecule has 0 bridgehead atoms. The molecular weight excluding hydrogens is 544 g/mol. The van der Waals surface area contributed by atoms with Crippen LogP contribution < -0.4 is 0 Å². The Balaban J connectivity index is 1.18. The molecule has 0 aliphatic heterocycles. The SMILES string of the molecule is C=CC1=C(C=C)C(C)(C)c2cc(-c3ccc(-c4ccc(-c5cc(-c6ccccc6)nc(-c6ccccc6)n5)cc4)cc3)ccc21. The van der Waals surface area contributed by atoms with Crippen LogP contribution in [0.15, 0.2) is 164 Å². The number of hydrogen-bond acceptors (Lipinski definition) is 2. The smallest absolute Gasteiger partial charge is 0.160 e. The first-order valence-corrected chi connectivity index (χ1v) is 15.3. The Morgan fingerprint density at radius 3 is 1.49 bits per heavy atom. The van der Waals surface area contributed by atoms with Gasteiger partial charge < -0.3 is 0 Å². The maximum Gasteiger partial charge on any atom is 0.160 e. The highest BCUT2D eigenvalue weighted by atomic mass is 14.9. The van der Waals surface area contributed by atoms with E-state index in [-0.39, 0.29) is 5.41 Å². The molecule has 0 spiro atoms. The van der Waals surface area contributed by atoms with E-state index in [9.17, 15) is 0 Å². The van der Waals surface area contributed by atoms with Crippen LogP contribution in [0.3, 0.4) is 0 Å². The summed E-state index contributed by atoms with van der Waals surface area (Å²) in [6.07, 6.45) is 3.94. The zero-order chi connectivity index (χ0) is 31.0. The molecule has 0 fully saturated rings. The number of allylic oxidation sites excluding steroid dienone is 4. The molecule has 0 atom stereocenters. The molecule has 2 nitrogen and oxygen atoms in total. The van der Waals surface area contributed by atoms with Crippen LogP contribution in [0, 0.1) is 0 Å². The first kappa shape index (κ1) is 28.2. The van der Waals surface area contributed by atoms with Gasteiger partial charge in [0, 0.05) is 22.1 Å². The fourth-order valence-corrected chi connectivity index (χ4v) is 6.44. The summed E-state index contributed by atoms with van der Waals surface area (Å²) in [4.78, 5) is 9.90. The number of benzene rings is 5. The van der Waals surface area contributed by atoms with Crippen LogP contribution >= 0.6 is 0 Å². The van der Waals surface area contributed by atoms with E-state index in [1.807, 2.05) is 48.6 Å². The molecule has 1 aliphatic carbocycles. The molecule has 216 valence electrons. The summed E-state index contributed by atoms with van der Waals surface area (Å²) in [6, 6.07) is 46.8. The van der Waals surface area contributed by atoms with Crippen molar-refractivity contribution in [1.29, 1.82) is 0 Å². The Morgan fingerprint density at radius 1 is 0.489 bits per heavy atom. The van der Waals surface area contributed by atoms with Gasteiger partial charge in [0.2, 0.25) is 0 Å². The van der Waals surface area contributed by atoms with Crippen molar-refractivity contribution in [2.45, 2.75) is 19.3 Å². The van der Waals surface area contributed by atoms with E-state index in [0.717, 1.165) is 39.5 Å². The molecule has 6 aromatic rings. The molecule has 5 aromatic carbocycles. The molecule has 7 rings (SSSR count). The number of aromatic nitrogens is 2. The molecule has 0 unspecified atom stereocenters.